The van der Waals surface area contributed by atoms with E-state index in [0.717, 1.165) is 6.42 Å². The summed E-state index contributed by atoms with van der Waals surface area (Å²) in [5.74, 6) is 5.99. The lowest BCUT2D eigenvalue weighted by Crippen LogP contribution is -2.14. The Labute approximate surface area is 77.8 Å². The van der Waals surface area contributed by atoms with Crippen LogP contribution in [0.5, 0.6) is 0 Å². The van der Waals surface area contributed by atoms with Gasteiger partial charge in [-0.25, -0.2) is 0 Å². The molecule has 0 amide bonds. The highest BCUT2D eigenvalue weighted by molar-refractivity contribution is 7.07. The van der Waals surface area contributed by atoms with Crippen molar-refractivity contribution < 1.29 is 0 Å². The van der Waals surface area contributed by atoms with Gasteiger partial charge in [0, 0.05) is 12.5 Å². The van der Waals surface area contributed by atoms with Crippen molar-refractivity contribution in [3.05, 3.63) is 22.4 Å². The van der Waals surface area contributed by atoms with Gasteiger partial charge in [-0.1, -0.05) is 0 Å². The molecular formula is C10H13NS. The fourth-order valence-electron chi connectivity index (χ4n) is 1.06. The molecule has 2 heteroatoms. The summed E-state index contributed by atoms with van der Waals surface area (Å²) in [4.78, 5) is 0. The zero-order chi connectivity index (χ0) is 8.81. The van der Waals surface area contributed by atoms with Gasteiger partial charge in [0.25, 0.3) is 0 Å². The molecule has 1 heterocycles. The first-order valence-corrected chi connectivity index (χ1v) is 4.91. The Morgan fingerprint density at radius 2 is 2.50 bits per heavy atom. The van der Waals surface area contributed by atoms with Gasteiger partial charge in [-0.2, -0.15) is 11.3 Å². The van der Waals surface area contributed by atoms with E-state index in [1.807, 2.05) is 14.0 Å². The second kappa shape index (κ2) is 4.97. The average Bonchev–Trinajstić information content (AvgIpc) is 2.59. The maximum Gasteiger partial charge on any atom is 0.0436 e. The molecule has 64 valence electrons. The van der Waals surface area contributed by atoms with Crippen LogP contribution in [-0.2, 0) is 0 Å². The lowest BCUT2D eigenvalue weighted by atomic mass is 10.1. The molecule has 0 aliphatic heterocycles. The Kier molecular flexibility index (Phi) is 3.86. The van der Waals surface area contributed by atoms with Crippen molar-refractivity contribution in [1.82, 2.24) is 5.32 Å². The molecule has 1 aromatic rings. The Morgan fingerprint density at radius 3 is 3.00 bits per heavy atom. The zero-order valence-electron chi connectivity index (χ0n) is 7.42. The molecule has 1 nitrogen and oxygen atoms in total. The van der Waals surface area contributed by atoms with Crippen LogP contribution in [-0.4, -0.2) is 7.05 Å². The van der Waals surface area contributed by atoms with Crippen LogP contribution >= 0.6 is 11.3 Å². The van der Waals surface area contributed by atoms with Crippen molar-refractivity contribution in [3.8, 4) is 11.8 Å². The number of thiophene rings is 1. The third kappa shape index (κ3) is 2.37. The Balaban J connectivity index is 2.61. The van der Waals surface area contributed by atoms with Crippen LogP contribution in [0.3, 0.4) is 0 Å². The SMILES string of the molecule is CC#CCC(NC)c1ccsc1. The quantitative estimate of drug-likeness (QED) is 0.703. The van der Waals surface area contributed by atoms with Crippen LogP contribution < -0.4 is 5.32 Å². The van der Waals surface area contributed by atoms with Crippen molar-refractivity contribution in [3.63, 3.8) is 0 Å². The minimum absolute atomic E-state index is 0.392. The van der Waals surface area contributed by atoms with Crippen LogP contribution in [0.2, 0.25) is 0 Å². The Bertz CT molecular complexity index is 266. The van der Waals surface area contributed by atoms with Crippen LogP contribution in [0.15, 0.2) is 16.8 Å². The molecule has 0 radical (unpaired) electrons. The topological polar surface area (TPSA) is 12.0 Å². The van der Waals surface area contributed by atoms with Gasteiger partial charge in [-0.15, -0.1) is 11.8 Å². The van der Waals surface area contributed by atoms with Crippen molar-refractivity contribution in [2.75, 3.05) is 7.05 Å². The first-order chi connectivity index (χ1) is 5.88. The lowest BCUT2D eigenvalue weighted by Gasteiger charge is -2.10. The van der Waals surface area contributed by atoms with E-state index in [1.54, 1.807) is 11.3 Å². The fourth-order valence-corrected chi connectivity index (χ4v) is 1.78. The van der Waals surface area contributed by atoms with Crippen molar-refractivity contribution in [2.24, 2.45) is 0 Å². The molecule has 1 atom stereocenters. The van der Waals surface area contributed by atoms with Gasteiger partial charge in [0.2, 0.25) is 0 Å². The summed E-state index contributed by atoms with van der Waals surface area (Å²) in [6.07, 6.45) is 0.893. The minimum Gasteiger partial charge on any atom is -0.312 e. The second-order valence-electron chi connectivity index (χ2n) is 2.53. The van der Waals surface area contributed by atoms with E-state index in [0.29, 0.717) is 6.04 Å². The third-order valence-electron chi connectivity index (χ3n) is 1.78. The van der Waals surface area contributed by atoms with Gasteiger partial charge in [0.05, 0.1) is 0 Å². The molecule has 0 aromatic carbocycles. The highest BCUT2D eigenvalue weighted by atomic mass is 32.1. The number of nitrogens with one attached hydrogen (secondary N) is 1. The summed E-state index contributed by atoms with van der Waals surface area (Å²) < 4.78 is 0. The van der Waals surface area contributed by atoms with Gasteiger partial charge in [0.1, 0.15) is 0 Å². The maximum atomic E-state index is 3.24. The standard InChI is InChI=1S/C10H13NS/c1-3-4-5-10(11-2)9-6-7-12-8-9/h6-8,10-11H,5H2,1-2H3. The molecule has 0 saturated carbocycles. The second-order valence-corrected chi connectivity index (χ2v) is 3.31. The van der Waals surface area contributed by atoms with E-state index < -0.39 is 0 Å². The van der Waals surface area contributed by atoms with Crippen LogP contribution in [0.4, 0.5) is 0 Å². The number of hydrogen-bond donors (Lipinski definition) is 1. The van der Waals surface area contributed by atoms with Crippen LogP contribution in [0.25, 0.3) is 0 Å². The van der Waals surface area contributed by atoms with E-state index in [9.17, 15) is 0 Å². The first-order valence-electron chi connectivity index (χ1n) is 3.97. The molecule has 0 fully saturated rings. The van der Waals surface area contributed by atoms with Gasteiger partial charge in [-0.3, -0.25) is 0 Å². The van der Waals surface area contributed by atoms with E-state index in [1.165, 1.54) is 5.56 Å². The molecule has 0 bridgehead atoms. The van der Waals surface area contributed by atoms with Crippen molar-refractivity contribution in [2.45, 2.75) is 19.4 Å². The predicted octanol–water partition coefficient (Wildman–Crippen LogP) is 2.42. The smallest absolute Gasteiger partial charge is 0.0436 e. The third-order valence-corrected chi connectivity index (χ3v) is 2.48. The molecule has 12 heavy (non-hydrogen) atoms. The fraction of sp³-hybridized carbons (Fsp3) is 0.400. The molecule has 1 unspecified atom stereocenters. The van der Waals surface area contributed by atoms with Gasteiger partial charge >= 0.3 is 0 Å². The summed E-state index contributed by atoms with van der Waals surface area (Å²) >= 11 is 1.73. The zero-order valence-corrected chi connectivity index (χ0v) is 8.24. The summed E-state index contributed by atoms with van der Waals surface area (Å²) in [6, 6.07) is 2.53. The molecule has 1 aromatic heterocycles. The van der Waals surface area contributed by atoms with Gasteiger partial charge in [0.15, 0.2) is 0 Å². The van der Waals surface area contributed by atoms with E-state index in [4.69, 9.17) is 0 Å². The molecule has 1 N–H and O–H groups in total. The highest BCUT2D eigenvalue weighted by Crippen LogP contribution is 2.18. The molecular weight excluding hydrogens is 166 g/mol. The maximum absolute atomic E-state index is 3.24. The lowest BCUT2D eigenvalue weighted by molar-refractivity contribution is 0.613. The Hall–Kier alpha value is -0.780. The molecule has 0 spiro atoms. The van der Waals surface area contributed by atoms with Gasteiger partial charge in [-0.05, 0) is 36.4 Å². The molecule has 1 rings (SSSR count). The largest absolute Gasteiger partial charge is 0.312 e. The number of rotatable bonds is 3. The average molecular weight is 179 g/mol. The van der Waals surface area contributed by atoms with Crippen LogP contribution in [0, 0.1) is 11.8 Å². The first kappa shape index (κ1) is 9.31. The molecule has 0 saturated heterocycles. The summed E-state index contributed by atoms with van der Waals surface area (Å²) in [7, 11) is 1.97. The summed E-state index contributed by atoms with van der Waals surface area (Å²) in [6.45, 7) is 1.88. The van der Waals surface area contributed by atoms with Crippen LogP contribution in [0.1, 0.15) is 24.9 Å². The van der Waals surface area contributed by atoms with Crippen molar-refractivity contribution >= 4 is 11.3 Å². The Morgan fingerprint density at radius 1 is 1.67 bits per heavy atom. The number of hydrogen-bond acceptors (Lipinski definition) is 2. The van der Waals surface area contributed by atoms with Gasteiger partial charge < -0.3 is 5.32 Å². The highest BCUT2D eigenvalue weighted by Gasteiger charge is 2.06. The van der Waals surface area contributed by atoms with Crippen molar-refractivity contribution in [1.29, 1.82) is 0 Å². The summed E-state index contributed by atoms with van der Waals surface area (Å²) in [5, 5.41) is 7.50. The van der Waals surface area contributed by atoms with E-state index in [-0.39, 0.29) is 0 Å². The van der Waals surface area contributed by atoms with E-state index >= 15 is 0 Å². The normalized spacial score (nSPS) is 11.8. The monoisotopic (exact) mass is 179 g/mol. The molecule has 0 aliphatic rings. The minimum atomic E-state index is 0.392. The summed E-state index contributed by atoms with van der Waals surface area (Å²) in [5.41, 5.74) is 1.34. The predicted molar refractivity (Wildman–Crippen MR) is 54.2 cm³/mol. The molecule has 0 aliphatic carbocycles. The van der Waals surface area contributed by atoms with E-state index in [2.05, 4.69) is 34.0 Å².